The number of carboxylic acids is 1. The Kier molecular flexibility index (Phi) is 7.00. The van der Waals surface area contributed by atoms with E-state index in [0.29, 0.717) is 11.2 Å². The van der Waals surface area contributed by atoms with Crippen molar-refractivity contribution in [3.63, 3.8) is 0 Å². The molecular formula is C25H32FN3O4. The summed E-state index contributed by atoms with van der Waals surface area (Å²) in [5, 5.41) is 15.2. The van der Waals surface area contributed by atoms with Crippen LogP contribution >= 0.6 is 0 Å². The van der Waals surface area contributed by atoms with Crippen LogP contribution in [-0.2, 0) is 4.79 Å². The van der Waals surface area contributed by atoms with Crippen LogP contribution in [0.1, 0.15) is 87.5 Å². The lowest BCUT2D eigenvalue weighted by atomic mass is 9.95. The van der Waals surface area contributed by atoms with E-state index in [1.54, 1.807) is 13.0 Å². The van der Waals surface area contributed by atoms with Gasteiger partial charge in [-0.15, -0.1) is 0 Å². The fraction of sp³-hybridized carbons (Fsp3) is 0.560. The number of carboxylic acid groups (broad SMARTS) is 1. The Morgan fingerprint density at radius 2 is 1.79 bits per heavy atom. The van der Waals surface area contributed by atoms with Crippen molar-refractivity contribution < 1.29 is 19.1 Å². The number of rotatable bonds is 7. The Morgan fingerprint density at radius 1 is 1.12 bits per heavy atom. The van der Waals surface area contributed by atoms with E-state index in [2.05, 4.69) is 10.6 Å². The summed E-state index contributed by atoms with van der Waals surface area (Å²) >= 11 is 0. The zero-order chi connectivity index (χ0) is 23.5. The van der Waals surface area contributed by atoms with Gasteiger partial charge in [0.05, 0.1) is 11.2 Å². The number of carbonyl (C=O) groups excluding carboxylic acids is 1. The van der Waals surface area contributed by atoms with Gasteiger partial charge in [0.15, 0.2) is 0 Å². The molecule has 3 N–H and O–H groups in total. The van der Waals surface area contributed by atoms with Crippen molar-refractivity contribution >= 4 is 28.5 Å². The maximum Gasteiger partial charge on any atom is 0.326 e. The largest absolute Gasteiger partial charge is 0.480 e. The average Bonchev–Trinajstić information content (AvgIpc) is 3.34. The van der Waals surface area contributed by atoms with Crippen LogP contribution in [0.3, 0.4) is 0 Å². The lowest BCUT2D eigenvalue weighted by Crippen LogP contribution is -2.42. The molecule has 4 rings (SSSR count). The van der Waals surface area contributed by atoms with E-state index in [1.807, 2.05) is 4.57 Å². The Balaban J connectivity index is 1.78. The highest BCUT2D eigenvalue weighted by atomic mass is 19.1. The SMILES string of the molecule is CCC(NC(=O)c1cn(C2CCCC2)c2cc(NC3CCCCC3)c(F)cc2c1=O)C(=O)O. The Hall–Kier alpha value is -2.90. The molecule has 0 aliphatic heterocycles. The Morgan fingerprint density at radius 3 is 2.42 bits per heavy atom. The standard InChI is InChI=1S/C25H32FN3O4/c1-2-20(25(32)33)28-24(31)18-14-29(16-10-6-7-11-16)22-13-21(19(26)12-17(22)23(18)30)27-15-8-4-3-5-9-15/h12-16,20,27H,2-11H2,1H3,(H,28,31)(H,32,33). The van der Waals surface area contributed by atoms with Crippen molar-refractivity contribution in [2.24, 2.45) is 0 Å². The van der Waals surface area contributed by atoms with E-state index in [0.717, 1.165) is 51.4 Å². The summed E-state index contributed by atoms with van der Waals surface area (Å²) in [6.45, 7) is 1.65. The first-order valence-electron chi connectivity index (χ1n) is 12.1. The fourth-order valence-corrected chi connectivity index (χ4v) is 5.17. The normalized spacial score (nSPS) is 18.4. The van der Waals surface area contributed by atoms with Crippen LogP contribution in [0.5, 0.6) is 0 Å². The molecule has 7 nitrogen and oxygen atoms in total. The molecule has 178 valence electrons. The minimum Gasteiger partial charge on any atom is -0.480 e. The van der Waals surface area contributed by atoms with Gasteiger partial charge in [-0.05, 0) is 44.2 Å². The quantitative estimate of drug-likeness (QED) is 0.565. The van der Waals surface area contributed by atoms with Gasteiger partial charge in [0.25, 0.3) is 5.91 Å². The molecule has 2 aliphatic rings. The maximum absolute atomic E-state index is 15.1. The van der Waals surface area contributed by atoms with E-state index in [-0.39, 0.29) is 29.5 Å². The zero-order valence-electron chi connectivity index (χ0n) is 19.0. The van der Waals surface area contributed by atoms with Gasteiger partial charge in [-0.2, -0.15) is 0 Å². The molecule has 1 unspecified atom stereocenters. The zero-order valence-corrected chi connectivity index (χ0v) is 19.0. The van der Waals surface area contributed by atoms with Crippen molar-refractivity contribution in [3.8, 4) is 0 Å². The second kappa shape index (κ2) is 9.93. The minimum absolute atomic E-state index is 0.106. The van der Waals surface area contributed by atoms with Crippen molar-refractivity contribution in [1.29, 1.82) is 0 Å². The van der Waals surface area contributed by atoms with E-state index < -0.39 is 29.2 Å². The first-order chi connectivity index (χ1) is 15.9. The number of fused-ring (bicyclic) bond motifs is 1. The second-order valence-electron chi connectivity index (χ2n) is 9.32. The first kappa shape index (κ1) is 23.3. The molecule has 2 aromatic rings. The van der Waals surface area contributed by atoms with Crippen LogP contribution in [0.15, 0.2) is 23.1 Å². The van der Waals surface area contributed by atoms with Crippen molar-refractivity contribution in [2.45, 2.75) is 89.3 Å². The van der Waals surface area contributed by atoms with Crippen LogP contribution in [0.2, 0.25) is 0 Å². The molecule has 0 bridgehead atoms. The molecule has 8 heteroatoms. The molecular weight excluding hydrogens is 425 g/mol. The Labute approximate surface area is 192 Å². The van der Waals surface area contributed by atoms with Gasteiger partial charge in [0, 0.05) is 23.7 Å². The molecule has 0 radical (unpaired) electrons. The fourth-order valence-electron chi connectivity index (χ4n) is 5.17. The van der Waals surface area contributed by atoms with Crippen molar-refractivity contribution in [1.82, 2.24) is 9.88 Å². The summed E-state index contributed by atoms with van der Waals surface area (Å²) in [5.74, 6) is -2.42. The topological polar surface area (TPSA) is 100 Å². The third-order valence-electron chi connectivity index (χ3n) is 7.06. The van der Waals surface area contributed by atoms with Gasteiger partial charge >= 0.3 is 5.97 Å². The number of carbonyl (C=O) groups is 2. The van der Waals surface area contributed by atoms with Crippen LogP contribution < -0.4 is 16.1 Å². The number of nitrogens with one attached hydrogen (secondary N) is 2. The monoisotopic (exact) mass is 457 g/mol. The maximum atomic E-state index is 15.1. The van der Waals surface area contributed by atoms with E-state index in [4.69, 9.17) is 0 Å². The van der Waals surface area contributed by atoms with E-state index in [9.17, 15) is 19.5 Å². The van der Waals surface area contributed by atoms with Crippen LogP contribution in [0.4, 0.5) is 10.1 Å². The van der Waals surface area contributed by atoms with Gasteiger partial charge in [-0.3, -0.25) is 9.59 Å². The minimum atomic E-state index is -1.16. The molecule has 0 saturated heterocycles. The predicted octanol–water partition coefficient (Wildman–Crippen LogP) is 4.59. The molecule has 1 atom stereocenters. The predicted molar refractivity (Wildman–Crippen MR) is 125 cm³/mol. The van der Waals surface area contributed by atoms with Crippen molar-refractivity contribution in [3.05, 3.63) is 39.9 Å². The summed E-state index contributed by atoms with van der Waals surface area (Å²) in [6.07, 6.45) is 11.1. The molecule has 2 fully saturated rings. The molecule has 1 aromatic carbocycles. The second-order valence-corrected chi connectivity index (χ2v) is 9.32. The van der Waals surface area contributed by atoms with Gasteiger partial charge in [-0.1, -0.05) is 39.0 Å². The summed E-state index contributed by atoms with van der Waals surface area (Å²) in [4.78, 5) is 37.5. The number of anilines is 1. The number of nitrogens with zero attached hydrogens (tertiary/aromatic N) is 1. The number of amides is 1. The van der Waals surface area contributed by atoms with Gasteiger partial charge in [0.1, 0.15) is 17.4 Å². The molecule has 1 heterocycles. The lowest BCUT2D eigenvalue weighted by Gasteiger charge is -2.25. The summed E-state index contributed by atoms with van der Waals surface area (Å²) < 4.78 is 17.0. The third-order valence-corrected chi connectivity index (χ3v) is 7.06. The molecule has 33 heavy (non-hydrogen) atoms. The van der Waals surface area contributed by atoms with E-state index >= 15 is 4.39 Å². The van der Waals surface area contributed by atoms with Gasteiger partial charge < -0.3 is 20.3 Å². The number of hydrogen-bond donors (Lipinski definition) is 3. The highest BCUT2D eigenvalue weighted by molar-refractivity contribution is 5.99. The number of aliphatic carboxylic acids is 1. The van der Waals surface area contributed by atoms with Gasteiger partial charge in [-0.25, -0.2) is 9.18 Å². The summed E-state index contributed by atoms with van der Waals surface area (Å²) in [7, 11) is 0. The number of aromatic nitrogens is 1. The highest BCUT2D eigenvalue weighted by Crippen LogP contribution is 2.34. The molecule has 2 saturated carbocycles. The average molecular weight is 458 g/mol. The number of halogens is 1. The van der Waals surface area contributed by atoms with E-state index in [1.165, 1.54) is 18.7 Å². The number of hydrogen-bond acceptors (Lipinski definition) is 4. The Bertz CT molecular complexity index is 1100. The molecule has 0 spiro atoms. The molecule has 1 aromatic heterocycles. The molecule has 1 amide bonds. The molecule has 2 aliphatic carbocycles. The van der Waals surface area contributed by atoms with Crippen LogP contribution in [0, 0.1) is 5.82 Å². The van der Waals surface area contributed by atoms with Crippen LogP contribution in [0.25, 0.3) is 10.9 Å². The highest BCUT2D eigenvalue weighted by Gasteiger charge is 2.26. The number of pyridine rings is 1. The van der Waals surface area contributed by atoms with Crippen molar-refractivity contribution in [2.75, 3.05) is 5.32 Å². The number of benzene rings is 1. The van der Waals surface area contributed by atoms with Gasteiger partial charge in [0.2, 0.25) is 5.43 Å². The first-order valence-corrected chi connectivity index (χ1v) is 12.1. The van der Waals surface area contributed by atoms with Crippen LogP contribution in [-0.4, -0.2) is 33.6 Å². The smallest absolute Gasteiger partial charge is 0.326 e. The summed E-state index contributed by atoms with van der Waals surface area (Å²) in [5.41, 5.74) is 0.254. The summed E-state index contributed by atoms with van der Waals surface area (Å²) in [6, 6.07) is 2.15. The third kappa shape index (κ3) is 4.89. The lowest BCUT2D eigenvalue weighted by molar-refractivity contribution is -0.139.